The molecule has 0 bridgehead atoms. The highest BCUT2D eigenvalue weighted by Gasteiger charge is 2.12. The van der Waals surface area contributed by atoms with Gasteiger partial charge in [0.25, 0.3) is 0 Å². The van der Waals surface area contributed by atoms with Gasteiger partial charge in [0.1, 0.15) is 17.4 Å². The standard InChI is InChI=1S/C10H10BrN3O/c1-3-4-14-5-7(11)8-9(14)10(15-2)13-6-12-8/h3,5-6H,1,4H2,2H3. The van der Waals surface area contributed by atoms with E-state index >= 15 is 0 Å². The minimum absolute atomic E-state index is 0.576. The summed E-state index contributed by atoms with van der Waals surface area (Å²) in [7, 11) is 1.60. The molecule has 2 heterocycles. The van der Waals surface area contributed by atoms with Gasteiger partial charge in [0, 0.05) is 12.7 Å². The Bertz CT molecular complexity index is 507. The fraction of sp³-hybridized carbons (Fsp3) is 0.200. The molecule has 2 aromatic rings. The summed E-state index contributed by atoms with van der Waals surface area (Å²) in [4.78, 5) is 8.27. The molecule has 2 rings (SSSR count). The number of aromatic nitrogens is 3. The zero-order valence-corrected chi connectivity index (χ0v) is 9.86. The fourth-order valence-corrected chi connectivity index (χ4v) is 2.03. The van der Waals surface area contributed by atoms with E-state index in [0.717, 1.165) is 15.5 Å². The number of methoxy groups -OCH3 is 1. The van der Waals surface area contributed by atoms with Gasteiger partial charge in [0.05, 0.1) is 11.6 Å². The lowest BCUT2D eigenvalue weighted by molar-refractivity contribution is 0.400. The summed E-state index contributed by atoms with van der Waals surface area (Å²) in [5, 5.41) is 0. The third-order valence-electron chi connectivity index (χ3n) is 2.09. The largest absolute Gasteiger partial charge is 0.479 e. The average Bonchev–Trinajstić information content (AvgIpc) is 2.57. The summed E-state index contributed by atoms with van der Waals surface area (Å²) >= 11 is 3.45. The van der Waals surface area contributed by atoms with Crippen LogP contribution in [-0.2, 0) is 6.54 Å². The van der Waals surface area contributed by atoms with Gasteiger partial charge in [0.2, 0.25) is 5.88 Å². The number of fused-ring (bicyclic) bond motifs is 1. The van der Waals surface area contributed by atoms with Crippen molar-refractivity contribution < 1.29 is 4.74 Å². The molecule has 78 valence electrons. The molecular weight excluding hydrogens is 258 g/mol. The topological polar surface area (TPSA) is 39.9 Å². The van der Waals surface area contributed by atoms with Gasteiger partial charge >= 0.3 is 0 Å². The number of allylic oxidation sites excluding steroid dienone is 1. The normalized spacial score (nSPS) is 10.5. The zero-order chi connectivity index (χ0) is 10.8. The van der Waals surface area contributed by atoms with E-state index < -0.39 is 0 Å². The van der Waals surface area contributed by atoms with Gasteiger partial charge in [-0.1, -0.05) is 6.08 Å². The molecule has 0 fully saturated rings. The second-order valence-electron chi connectivity index (χ2n) is 3.00. The third-order valence-corrected chi connectivity index (χ3v) is 2.67. The van der Waals surface area contributed by atoms with Gasteiger partial charge in [-0.15, -0.1) is 6.58 Å². The van der Waals surface area contributed by atoms with Gasteiger partial charge < -0.3 is 9.30 Å². The number of nitrogens with zero attached hydrogens (tertiary/aromatic N) is 3. The van der Waals surface area contributed by atoms with E-state index in [4.69, 9.17) is 4.74 Å². The van der Waals surface area contributed by atoms with E-state index in [-0.39, 0.29) is 0 Å². The number of ether oxygens (including phenoxy) is 1. The average molecular weight is 268 g/mol. The quantitative estimate of drug-likeness (QED) is 0.802. The fourth-order valence-electron chi connectivity index (χ4n) is 1.49. The van der Waals surface area contributed by atoms with Crippen LogP contribution in [0, 0.1) is 0 Å². The van der Waals surface area contributed by atoms with Crippen LogP contribution in [0.4, 0.5) is 0 Å². The molecule has 0 unspecified atom stereocenters. The van der Waals surface area contributed by atoms with E-state index in [1.807, 2.05) is 16.8 Å². The van der Waals surface area contributed by atoms with Crippen molar-refractivity contribution in [3.05, 3.63) is 29.7 Å². The van der Waals surface area contributed by atoms with Crippen molar-refractivity contribution in [3.8, 4) is 5.88 Å². The second-order valence-corrected chi connectivity index (χ2v) is 3.85. The molecule has 0 aliphatic heterocycles. The van der Waals surface area contributed by atoms with Crippen molar-refractivity contribution in [2.45, 2.75) is 6.54 Å². The van der Waals surface area contributed by atoms with E-state index in [2.05, 4.69) is 32.5 Å². The molecule has 2 aromatic heterocycles. The lowest BCUT2D eigenvalue weighted by Crippen LogP contribution is -1.97. The molecule has 0 aromatic carbocycles. The highest BCUT2D eigenvalue weighted by atomic mass is 79.9. The van der Waals surface area contributed by atoms with Gasteiger partial charge in [-0.05, 0) is 15.9 Å². The van der Waals surface area contributed by atoms with E-state index in [0.29, 0.717) is 12.4 Å². The van der Waals surface area contributed by atoms with Crippen molar-refractivity contribution in [3.63, 3.8) is 0 Å². The van der Waals surface area contributed by atoms with E-state index in [1.165, 1.54) is 6.33 Å². The van der Waals surface area contributed by atoms with E-state index in [1.54, 1.807) is 7.11 Å². The molecule has 0 aliphatic carbocycles. The maximum absolute atomic E-state index is 5.20. The summed E-state index contributed by atoms with van der Waals surface area (Å²) in [5.74, 6) is 0.576. The van der Waals surface area contributed by atoms with Crippen LogP contribution in [0.25, 0.3) is 11.0 Å². The molecule has 0 N–H and O–H groups in total. The molecule has 0 spiro atoms. The maximum Gasteiger partial charge on any atom is 0.241 e. The Morgan fingerprint density at radius 1 is 1.60 bits per heavy atom. The minimum atomic E-state index is 0.576. The molecule has 0 saturated carbocycles. The van der Waals surface area contributed by atoms with Crippen LogP contribution in [-0.4, -0.2) is 21.6 Å². The SMILES string of the molecule is C=CCn1cc(Br)c2ncnc(OC)c21. The molecular formula is C10H10BrN3O. The van der Waals surface area contributed by atoms with Crippen molar-refractivity contribution in [1.82, 2.24) is 14.5 Å². The summed E-state index contributed by atoms with van der Waals surface area (Å²) in [6.45, 7) is 4.41. The highest BCUT2D eigenvalue weighted by molar-refractivity contribution is 9.10. The van der Waals surface area contributed by atoms with Crippen LogP contribution in [0.3, 0.4) is 0 Å². The lowest BCUT2D eigenvalue weighted by Gasteiger charge is -2.04. The highest BCUT2D eigenvalue weighted by Crippen LogP contribution is 2.29. The van der Waals surface area contributed by atoms with Crippen molar-refractivity contribution in [2.75, 3.05) is 7.11 Å². The summed E-state index contributed by atoms with van der Waals surface area (Å²) in [6.07, 6.45) is 5.26. The van der Waals surface area contributed by atoms with Gasteiger partial charge in [0.15, 0.2) is 0 Å². The predicted octanol–water partition coefficient (Wildman–Crippen LogP) is 2.39. The second kappa shape index (κ2) is 4.02. The molecule has 15 heavy (non-hydrogen) atoms. The molecule has 0 amide bonds. The van der Waals surface area contributed by atoms with Crippen LogP contribution < -0.4 is 4.74 Å². The van der Waals surface area contributed by atoms with Crippen LogP contribution >= 0.6 is 15.9 Å². The number of rotatable bonds is 3. The van der Waals surface area contributed by atoms with Gasteiger partial charge in [-0.25, -0.2) is 4.98 Å². The van der Waals surface area contributed by atoms with Gasteiger partial charge in [-0.2, -0.15) is 4.98 Å². The van der Waals surface area contributed by atoms with Crippen LogP contribution in [0.1, 0.15) is 0 Å². The first-order chi connectivity index (χ1) is 7.27. The minimum Gasteiger partial charge on any atom is -0.479 e. The smallest absolute Gasteiger partial charge is 0.241 e. The summed E-state index contributed by atoms with van der Waals surface area (Å²) in [5.41, 5.74) is 1.73. The van der Waals surface area contributed by atoms with Crippen molar-refractivity contribution >= 4 is 27.0 Å². The van der Waals surface area contributed by atoms with Crippen LogP contribution in [0.15, 0.2) is 29.7 Å². The molecule has 0 radical (unpaired) electrons. The van der Waals surface area contributed by atoms with E-state index in [9.17, 15) is 0 Å². The summed E-state index contributed by atoms with van der Waals surface area (Å²) < 4.78 is 8.12. The molecule has 0 atom stereocenters. The molecule has 0 saturated heterocycles. The monoisotopic (exact) mass is 267 g/mol. The zero-order valence-electron chi connectivity index (χ0n) is 8.27. The number of hydrogen-bond acceptors (Lipinski definition) is 3. The Kier molecular flexibility index (Phi) is 2.73. The van der Waals surface area contributed by atoms with Gasteiger partial charge in [-0.3, -0.25) is 0 Å². The van der Waals surface area contributed by atoms with Crippen LogP contribution in [0.2, 0.25) is 0 Å². The molecule has 4 nitrogen and oxygen atoms in total. The third kappa shape index (κ3) is 1.63. The Balaban J connectivity index is 2.75. The molecule has 0 aliphatic rings. The first-order valence-electron chi connectivity index (χ1n) is 4.42. The Labute approximate surface area is 95.7 Å². The predicted molar refractivity (Wildman–Crippen MR) is 62.0 cm³/mol. The maximum atomic E-state index is 5.20. The lowest BCUT2D eigenvalue weighted by atomic mass is 10.4. The first-order valence-corrected chi connectivity index (χ1v) is 5.21. The Hall–Kier alpha value is -1.36. The molecule has 5 heteroatoms. The van der Waals surface area contributed by atoms with Crippen molar-refractivity contribution in [1.29, 1.82) is 0 Å². The number of halogens is 1. The Morgan fingerprint density at radius 3 is 3.07 bits per heavy atom. The first kappa shape index (κ1) is 10.2. The van der Waals surface area contributed by atoms with Crippen LogP contribution in [0.5, 0.6) is 5.88 Å². The Morgan fingerprint density at radius 2 is 2.40 bits per heavy atom. The number of hydrogen-bond donors (Lipinski definition) is 0. The summed E-state index contributed by atoms with van der Waals surface area (Å²) in [6, 6.07) is 0. The van der Waals surface area contributed by atoms with Crippen molar-refractivity contribution in [2.24, 2.45) is 0 Å².